The lowest BCUT2D eigenvalue weighted by Gasteiger charge is -2.23. The molecule has 0 aliphatic rings. The fourth-order valence-electron chi connectivity index (χ4n) is 2.88. The van der Waals surface area contributed by atoms with Gasteiger partial charge in [0.1, 0.15) is 17.4 Å². The fraction of sp³-hybridized carbons (Fsp3) is 0.250. The Hall–Kier alpha value is -3.21. The molecule has 1 amide bonds. The molecule has 0 bridgehead atoms. The van der Waals surface area contributed by atoms with Crippen LogP contribution in [0.2, 0.25) is 5.02 Å². The van der Waals surface area contributed by atoms with E-state index in [0.717, 1.165) is 17.0 Å². The second-order valence-electron chi connectivity index (χ2n) is 6.65. The van der Waals surface area contributed by atoms with Gasteiger partial charge in [-0.25, -0.2) is 8.78 Å². The van der Waals surface area contributed by atoms with Gasteiger partial charge in [-0.2, -0.15) is 18.2 Å². The molecule has 0 atom stereocenters. The minimum atomic E-state index is -4.86. The number of carbonyl (C=O) groups is 1. The van der Waals surface area contributed by atoms with Crippen molar-refractivity contribution >= 4 is 17.5 Å². The van der Waals surface area contributed by atoms with E-state index in [1.807, 2.05) is 0 Å². The molecule has 0 spiro atoms. The monoisotopic (exact) mass is 475 g/mol. The van der Waals surface area contributed by atoms with Gasteiger partial charge in [-0.3, -0.25) is 4.79 Å². The van der Waals surface area contributed by atoms with Gasteiger partial charge in [0.15, 0.2) is 5.82 Å². The van der Waals surface area contributed by atoms with Gasteiger partial charge in [-0.1, -0.05) is 28.9 Å². The highest BCUT2D eigenvalue weighted by Gasteiger charge is 2.38. The summed E-state index contributed by atoms with van der Waals surface area (Å²) in [4.78, 5) is 17.2. The van der Waals surface area contributed by atoms with Crippen molar-refractivity contribution in [1.82, 2.24) is 15.0 Å². The Morgan fingerprint density at radius 1 is 1.16 bits per heavy atom. The topological polar surface area (TPSA) is 68.5 Å². The molecule has 170 valence electrons. The number of ether oxygens (including phenoxy) is 1. The van der Waals surface area contributed by atoms with Crippen molar-refractivity contribution in [2.24, 2.45) is 0 Å². The van der Waals surface area contributed by atoms with Gasteiger partial charge in [0.05, 0.1) is 18.6 Å². The van der Waals surface area contributed by atoms with Crippen LogP contribution in [0.1, 0.15) is 22.8 Å². The summed E-state index contributed by atoms with van der Waals surface area (Å²) in [5.41, 5.74) is 0.569. The normalized spacial score (nSPS) is 11.5. The number of amides is 1. The molecule has 0 saturated heterocycles. The Bertz CT molecular complexity index is 1100. The number of hydrogen-bond donors (Lipinski definition) is 0. The SMILES string of the molecule is COc1cccc(CN(Cc2cc(F)cc(F)c2)C(=O)Cc2noc(C(F)(F)F)n2)c1Cl. The summed E-state index contributed by atoms with van der Waals surface area (Å²) in [6, 6.07) is 7.57. The van der Waals surface area contributed by atoms with Crippen molar-refractivity contribution in [2.75, 3.05) is 7.11 Å². The second-order valence-corrected chi connectivity index (χ2v) is 7.03. The van der Waals surface area contributed by atoms with Crippen LogP contribution < -0.4 is 4.74 Å². The van der Waals surface area contributed by atoms with Crippen LogP contribution >= 0.6 is 11.6 Å². The highest BCUT2D eigenvalue weighted by Crippen LogP contribution is 2.30. The smallest absolute Gasteiger partial charge is 0.471 e. The van der Waals surface area contributed by atoms with Crippen molar-refractivity contribution in [3.05, 3.63) is 75.9 Å². The van der Waals surface area contributed by atoms with Crippen LogP contribution in [0.3, 0.4) is 0 Å². The molecule has 1 heterocycles. The predicted molar refractivity (Wildman–Crippen MR) is 102 cm³/mol. The first-order valence-electron chi connectivity index (χ1n) is 9.00. The third kappa shape index (κ3) is 5.72. The van der Waals surface area contributed by atoms with E-state index in [0.29, 0.717) is 17.4 Å². The van der Waals surface area contributed by atoms with Crippen LogP contribution in [0, 0.1) is 11.6 Å². The molecule has 2 aromatic carbocycles. The summed E-state index contributed by atoms with van der Waals surface area (Å²) >= 11 is 6.28. The Balaban J connectivity index is 1.88. The molecule has 3 rings (SSSR count). The zero-order valence-electron chi connectivity index (χ0n) is 16.4. The van der Waals surface area contributed by atoms with Crippen molar-refractivity contribution < 1.29 is 36.0 Å². The van der Waals surface area contributed by atoms with Gasteiger partial charge < -0.3 is 14.2 Å². The van der Waals surface area contributed by atoms with Gasteiger partial charge >= 0.3 is 12.1 Å². The Morgan fingerprint density at radius 3 is 2.44 bits per heavy atom. The van der Waals surface area contributed by atoms with Crippen LogP contribution in [0.15, 0.2) is 40.9 Å². The van der Waals surface area contributed by atoms with E-state index in [1.165, 1.54) is 7.11 Å². The second kappa shape index (κ2) is 9.51. The summed E-state index contributed by atoms with van der Waals surface area (Å²) < 4.78 is 74.5. The van der Waals surface area contributed by atoms with E-state index in [4.69, 9.17) is 16.3 Å². The van der Waals surface area contributed by atoms with E-state index in [1.54, 1.807) is 18.2 Å². The molecule has 12 heteroatoms. The lowest BCUT2D eigenvalue weighted by molar-refractivity contribution is -0.159. The molecular weight excluding hydrogens is 461 g/mol. The maximum Gasteiger partial charge on any atom is 0.471 e. The number of aromatic nitrogens is 2. The number of nitrogens with zero attached hydrogens (tertiary/aromatic N) is 3. The van der Waals surface area contributed by atoms with Gasteiger partial charge in [0.25, 0.3) is 0 Å². The summed E-state index contributed by atoms with van der Waals surface area (Å²) in [6.07, 6.45) is -5.50. The lowest BCUT2D eigenvalue weighted by atomic mass is 10.1. The molecule has 0 aliphatic carbocycles. The highest BCUT2D eigenvalue weighted by atomic mass is 35.5. The number of benzene rings is 2. The van der Waals surface area contributed by atoms with Gasteiger partial charge in [0, 0.05) is 19.2 Å². The molecule has 1 aromatic heterocycles. The van der Waals surface area contributed by atoms with Crippen LogP contribution in [-0.4, -0.2) is 28.1 Å². The number of halogens is 6. The van der Waals surface area contributed by atoms with Crippen molar-refractivity contribution in [3.63, 3.8) is 0 Å². The number of rotatable bonds is 7. The molecule has 32 heavy (non-hydrogen) atoms. The molecule has 6 nitrogen and oxygen atoms in total. The fourth-order valence-corrected chi connectivity index (χ4v) is 3.15. The average molecular weight is 476 g/mol. The molecular formula is C20H15ClF5N3O3. The minimum Gasteiger partial charge on any atom is -0.495 e. The molecule has 3 aromatic rings. The molecule has 0 aliphatic heterocycles. The minimum absolute atomic E-state index is 0.124. The predicted octanol–water partition coefficient (Wildman–Crippen LogP) is 4.80. The maximum absolute atomic E-state index is 13.6. The third-order valence-electron chi connectivity index (χ3n) is 4.29. The standard InChI is InChI=1S/C20H15ClF5N3O3/c1-31-15-4-2-3-12(18(15)21)10-29(9-11-5-13(22)7-14(23)6-11)17(30)8-16-27-19(32-28-16)20(24,25)26/h2-7H,8-10H2,1H3. The van der Waals surface area contributed by atoms with Crippen LogP contribution in [0.4, 0.5) is 22.0 Å². The maximum atomic E-state index is 13.6. The summed E-state index contributed by atoms with van der Waals surface area (Å²) in [5, 5.41) is 3.38. The molecule has 0 radical (unpaired) electrons. The molecule has 0 fully saturated rings. The summed E-state index contributed by atoms with van der Waals surface area (Å²) in [7, 11) is 1.40. The van der Waals surface area contributed by atoms with Gasteiger partial charge in [-0.15, -0.1) is 0 Å². The number of carbonyl (C=O) groups excluding carboxylic acids is 1. The zero-order valence-corrected chi connectivity index (χ0v) is 17.2. The van der Waals surface area contributed by atoms with Crippen LogP contribution in [-0.2, 0) is 30.5 Å². The van der Waals surface area contributed by atoms with Crippen molar-refractivity contribution in [3.8, 4) is 5.75 Å². The summed E-state index contributed by atoms with van der Waals surface area (Å²) in [6.45, 7) is -0.387. The highest BCUT2D eigenvalue weighted by molar-refractivity contribution is 6.32. The number of hydrogen-bond acceptors (Lipinski definition) is 5. The van der Waals surface area contributed by atoms with Gasteiger partial charge in [-0.05, 0) is 29.3 Å². The van der Waals surface area contributed by atoms with E-state index >= 15 is 0 Å². The Kier molecular flexibility index (Phi) is 6.97. The third-order valence-corrected chi connectivity index (χ3v) is 4.72. The largest absolute Gasteiger partial charge is 0.495 e. The van der Waals surface area contributed by atoms with E-state index < -0.39 is 41.9 Å². The number of methoxy groups -OCH3 is 1. The molecule has 0 saturated carbocycles. The van der Waals surface area contributed by atoms with Gasteiger partial charge in [0.2, 0.25) is 5.91 Å². The number of alkyl halides is 3. The Labute approximate surface area is 183 Å². The first-order valence-corrected chi connectivity index (χ1v) is 9.38. The molecule has 0 N–H and O–H groups in total. The van der Waals surface area contributed by atoms with E-state index in [9.17, 15) is 26.7 Å². The average Bonchev–Trinajstić information content (AvgIpc) is 3.17. The van der Waals surface area contributed by atoms with E-state index in [-0.39, 0.29) is 23.7 Å². The zero-order chi connectivity index (χ0) is 23.5. The van der Waals surface area contributed by atoms with E-state index in [2.05, 4.69) is 14.7 Å². The first kappa shape index (κ1) is 23.5. The summed E-state index contributed by atoms with van der Waals surface area (Å²) in [5.74, 6) is -4.16. The first-order chi connectivity index (χ1) is 15.1. The Morgan fingerprint density at radius 2 is 1.84 bits per heavy atom. The quantitative estimate of drug-likeness (QED) is 0.459. The van der Waals surface area contributed by atoms with Crippen LogP contribution in [0.25, 0.3) is 0 Å². The molecule has 0 unspecified atom stereocenters. The lowest BCUT2D eigenvalue weighted by Crippen LogP contribution is -2.32. The van der Waals surface area contributed by atoms with Crippen LogP contribution in [0.5, 0.6) is 5.75 Å². The van der Waals surface area contributed by atoms with Crippen molar-refractivity contribution in [1.29, 1.82) is 0 Å². The van der Waals surface area contributed by atoms with Crippen molar-refractivity contribution in [2.45, 2.75) is 25.7 Å².